The van der Waals surface area contributed by atoms with Crippen LogP contribution in [0.4, 0.5) is 0 Å². The second-order valence-corrected chi connectivity index (χ2v) is 18.5. The number of phosphoric ester groups is 1. The van der Waals surface area contributed by atoms with Crippen LogP contribution in [0.25, 0.3) is 0 Å². The van der Waals surface area contributed by atoms with Crippen LogP contribution in [0.2, 0.25) is 0 Å². The Morgan fingerprint density at radius 1 is 0.448 bits per heavy atom. The first-order chi connectivity index (χ1) is 28.3. The fourth-order valence-corrected chi connectivity index (χ4v) is 8.29. The van der Waals surface area contributed by atoms with Crippen LogP contribution in [0, 0.1) is 0 Å². The van der Waals surface area contributed by atoms with E-state index in [2.05, 4.69) is 13.8 Å². The first-order valence-electron chi connectivity index (χ1n) is 25.0. The highest BCUT2D eigenvalue weighted by molar-refractivity contribution is 7.47. The van der Waals surface area contributed by atoms with Gasteiger partial charge in [-0.05, 0) is 12.8 Å². The summed E-state index contributed by atoms with van der Waals surface area (Å²) in [5.74, 6) is -0.807. The molecule has 0 rings (SSSR count). The Hall–Kier alpha value is -0.990. The van der Waals surface area contributed by atoms with Gasteiger partial charge in [0, 0.05) is 19.4 Å². The lowest BCUT2D eigenvalue weighted by Gasteiger charge is -2.19. The molecule has 9 nitrogen and oxygen atoms in total. The molecule has 2 unspecified atom stereocenters. The molecule has 0 aromatic heterocycles. The third kappa shape index (κ3) is 44.6. The van der Waals surface area contributed by atoms with E-state index in [1.165, 1.54) is 199 Å². The molecule has 0 fully saturated rings. The Kier molecular flexibility index (Phi) is 44.8. The van der Waals surface area contributed by atoms with Gasteiger partial charge in [0.25, 0.3) is 0 Å². The summed E-state index contributed by atoms with van der Waals surface area (Å²) in [6.45, 7) is 3.80. The Labute approximate surface area is 358 Å². The molecule has 10 heteroatoms. The standard InChI is InChI=1S/C48H96NO8P/c1-3-5-7-9-11-13-15-17-19-21-22-23-24-25-27-29-31-33-35-37-39-41-48(51)57-46(45-56-58(52,53)55-43-42-49)44-54-47(50)40-38-36-34-32-30-28-26-20-18-16-14-12-10-8-6-4-2/h46H,3-45,49H2,1-2H3,(H,52,53). The minimum atomic E-state index is -4.37. The molecule has 0 amide bonds. The molecule has 3 N–H and O–H groups in total. The van der Waals surface area contributed by atoms with Crippen LogP contribution < -0.4 is 5.73 Å². The van der Waals surface area contributed by atoms with Gasteiger partial charge in [-0.3, -0.25) is 18.6 Å². The van der Waals surface area contributed by atoms with Crippen molar-refractivity contribution in [2.24, 2.45) is 5.73 Å². The average Bonchev–Trinajstić information content (AvgIpc) is 3.21. The first kappa shape index (κ1) is 57.0. The number of hydrogen-bond acceptors (Lipinski definition) is 8. The maximum absolute atomic E-state index is 12.6. The van der Waals surface area contributed by atoms with Crippen molar-refractivity contribution in [3.05, 3.63) is 0 Å². The Bertz CT molecular complexity index is 922. The quantitative estimate of drug-likeness (QED) is 0.0349. The highest BCUT2D eigenvalue weighted by Gasteiger charge is 2.26. The molecule has 0 bridgehead atoms. The van der Waals surface area contributed by atoms with Crippen LogP contribution in [-0.4, -0.2) is 49.3 Å². The monoisotopic (exact) mass is 846 g/mol. The average molecular weight is 846 g/mol. The van der Waals surface area contributed by atoms with Crippen molar-refractivity contribution in [1.29, 1.82) is 0 Å². The van der Waals surface area contributed by atoms with E-state index >= 15 is 0 Å². The van der Waals surface area contributed by atoms with Crippen molar-refractivity contribution >= 4 is 19.8 Å². The van der Waals surface area contributed by atoms with E-state index < -0.39 is 26.5 Å². The summed E-state index contributed by atoms with van der Waals surface area (Å²) in [6, 6.07) is 0. The van der Waals surface area contributed by atoms with Crippen LogP contribution in [0.3, 0.4) is 0 Å². The number of hydrogen-bond donors (Lipinski definition) is 2. The molecule has 0 saturated carbocycles. The van der Waals surface area contributed by atoms with Gasteiger partial charge in [0.05, 0.1) is 13.2 Å². The van der Waals surface area contributed by atoms with Crippen LogP contribution >= 0.6 is 7.82 Å². The molecule has 0 aromatic carbocycles. The molecule has 0 saturated heterocycles. The number of phosphoric acid groups is 1. The molecule has 0 aliphatic rings. The number of ether oxygens (including phenoxy) is 2. The second kappa shape index (κ2) is 45.5. The Morgan fingerprint density at radius 3 is 1.05 bits per heavy atom. The molecule has 346 valence electrons. The SMILES string of the molecule is CCCCCCCCCCCCCCCCCCCCCCCC(=O)OC(COC(=O)CCCCCCCCCCCCCCCCCC)COP(=O)(O)OCCN. The van der Waals surface area contributed by atoms with Gasteiger partial charge in [-0.2, -0.15) is 0 Å². The third-order valence-electron chi connectivity index (χ3n) is 11.2. The van der Waals surface area contributed by atoms with Crippen molar-refractivity contribution in [2.45, 2.75) is 270 Å². The molecule has 58 heavy (non-hydrogen) atoms. The number of carbonyl (C=O) groups excluding carboxylic acids is 2. The van der Waals surface area contributed by atoms with Crippen LogP contribution in [0.15, 0.2) is 0 Å². The van der Waals surface area contributed by atoms with Crippen molar-refractivity contribution in [3.63, 3.8) is 0 Å². The number of esters is 2. The van der Waals surface area contributed by atoms with Gasteiger partial charge in [-0.25, -0.2) is 4.57 Å². The molecule has 0 spiro atoms. The highest BCUT2D eigenvalue weighted by atomic mass is 31.2. The van der Waals surface area contributed by atoms with E-state index in [0.717, 1.165) is 32.1 Å². The van der Waals surface area contributed by atoms with Crippen LogP contribution in [0.5, 0.6) is 0 Å². The maximum Gasteiger partial charge on any atom is 0.472 e. The lowest BCUT2D eigenvalue weighted by molar-refractivity contribution is -0.161. The smallest absolute Gasteiger partial charge is 0.462 e. The topological polar surface area (TPSA) is 134 Å². The zero-order valence-corrected chi connectivity index (χ0v) is 39.2. The Balaban J connectivity index is 4.00. The van der Waals surface area contributed by atoms with E-state index in [0.29, 0.717) is 6.42 Å². The summed E-state index contributed by atoms with van der Waals surface area (Å²) >= 11 is 0. The Morgan fingerprint density at radius 2 is 0.741 bits per heavy atom. The van der Waals surface area contributed by atoms with E-state index in [9.17, 15) is 19.0 Å². The highest BCUT2D eigenvalue weighted by Crippen LogP contribution is 2.43. The molecule has 2 atom stereocenters. The van der Waals surface area contributed by atoms with E-state index in [1.54, 1.807) is 0 Å². The summed E-state index contributed by atoms with van der Waals surface area (Å²) in [4.78, 5) is 35.0. The van der Waals surface area contributed by atoms with Crippen LogP contribution in [0.1, 0.15) is 264 Å². The molecule has 0 aliphatic carbocycles. The third-order valence-corrected chi connectivity index (χ3v) is 12.2. The fraction of sp³-hybridized carbons (Fsp3) is 0.958. The summed E-state index contributed by atoms with van der Waals surface area (Å²) in [7, 11) is -4.37. The number of nitrogens with two attached hydrogens (primary N) is 1. The first-order valence-corrected chi connectivity index (χ1v) is 26.5. The molecule has 0 radical (unpaired) electrons. The van der Waals surface area contributed by atoms with Gasteiger partial charge in [-0.1, -0.05) is 239 Å². The normalized spacial score (nSPS) is 13.1. The summed E-state index contributed by atoms with van der Waals surface area (Å²) in [6.07, 6.45) is 47.1. The van der Waals surface area contributed by atoms with Crippen molar-refractivity contribution in [3.8, 4) is 0 Å². The zero-order valence-electron chi connectivity index (χ0n) is 38.3. The molecule has 0 aliphatic heterocycles. The summed E-state index contributed by atoms with van der Waals surface area (Å²) in [5, 5.41) is 0. The molecule has 0 aromatic rings. The van der Waals surface area contributed by atoms with Crippen molar-refractivity contribution in [2.75, 3.05) is 26.4 Å². The molecular weight excluding hydrogens is 750 g/mol. The predicted molar refractivity (Wildman–Crippen MR) is 243 cm³/mol. The maximum atomic E-state index is 12.6. The number of rotatable bonds is 48. The molecular formula is C48H96NO8P. The lowest BCUT2D eigenvalue weighted by Crippen LogP contribution is -2.29. The summed E-state index contributed by atoms with van der Waals surface area (Å²) < 4.78 is 32.9. The van der Waals surface area contributed by atoms with E-state index in [1.807, 2.05) is 0 Å². The minimum Gasteiger partial charge on any atom is -0.462 e. The summed E-state index contributed by atoms with van der Waals surface area (Å²) in [5.41, 5.74) is 5.36. The zero-order chi connectivity index (χ0) is 42.5. The minimum absolute atomic E-state index is 0.0583. The second-order valence-electron chi connectivity index (χ2n) is 17.1. The van der Waals surface area contributed by atoms with Gasteiger partial charge in [0.2, 0.25) is 0 Å². The van der Waals surface area contributed by atoms with Gasteiger partial charge in [-0.15, -0.1) is 0 Å². The van der Waals surface area contributed by atoms with E-state index in [-0.39, 0.29) is 38.6 Å². The largest absolute Gasteiger partial charge is 0.472 e. The number of unbranched alkanes of at least 4 members (excludes halogenated alkanes) is 35. The van der Waals surface area contributed by atoms with E-state index in [4.69, 9.17) is 24.3 Å². The van der Waals surface area contributed by atoms with Crippen LogP contribution in [-0.2, 0) is 32.7 Å². The lowest BCUT2D eigenvalue weighted by atomic mass is 10.0. The predicted octanol–water partition coefficient (Wildman–Crippen LogP) is 14.8. The van der Waals surface area contributed by atoms with Gasteiger partial charge < -0.3 is 20.1 Å². The molecule has 0 heterocycles. The van der Waals surface area contributed by atoms with Gasteiger partial charge in [0.1, 0.15) is 6.61 Å². The van der Waals surface area contributed by atoms with Crippen molar-refractivity contribution < 1.29 is 37.6 Å². The number of carbonyl (C=O) groups is 2. The van der Waals surface area contributed by atoms with Gasteiger partial charge >= 0.3 is 19.8 Å². The van der Waals surface area contributed by atoms with Crippen molar-refractivity contribution in [1.82, 2.24) is 0 Å². The fourth-order valence-electron chi connectivity index (χ4n) is 7.52. The van der Waals surface area contributed by atoms with Gasteiger partial charge in [0.15, 0.2) is 6.10 Å².